The van der Waals surface area contributed by atoms with Gasteiger partial charge in [-0.15, -0.1) is 0 Å². The van der Waals surface area contributed by atoms with Crippen LogP contribution in [0.2, 0.25) is 0 Å². The zero-order chi connectivity index (χ0) is 11.5. The Labute approximate surface area is 98.0 Å². The van der Waals surface area contributed by atoms with Crippen molar-refractivity contribution < 1.29 is 0 Å². The van der Waals surface area contributed by atoms with Crippen molar-refractivity contribution in [1.29, 1.82) is 0 Å². The molecular formula is C15H19N. The van der Waals surface area contributed by atoms with Crippen LogP contribution in [0, 0.1) is 11.8 Å². The van der Waals surface area contributed by atoms with Gasteiger partial charge in [0.15, 0.2) is 0 Å². The number of fused-ring (bicyclic) bond motifs is 1. The van der Waals surface area contributed by atoms with Crippen molar-refractivity contribution in [3.05, 3.63) is 47.6 Å². The molecule has 0 aromatic rings. The van der Waals surface area contributed by atoms with Gasteiger partial charge in [0.25, 0.3) is 0 Å². The number of hydrogen-bond acceptors (Lipinski definition) is 1. The van der Waals surface area contributed by atoms with Crippen LogP contribution in [0.4, 0.5) is 0 Å². The van der Waals surface area contributed by atoms with Gasteiger partial charge in [0.2, 0.25) is 0 Å². The maximum atomic E-state index is 4.50. The first-order valence-electron chi connectivity index (χ1n) is 5.98. The molecule has 2 aliphatic carbocycles. The third kappa shape index (κ3) is 1.95. The summed E-state index contributed by atoms with van der Waals surface area (Å²) in [5, 5.41) is 0. The summed E-state index contributed by atoms with van der Waals surface area (Å²) in [4.78, 5) is 4.50. The predicted molar refractivity (Wildman–Crippen MR) is 70.7 cm³/mol. The maximum Gasteiger partial charge on any atom is 0.0686 e. The third-order valence-electron chi connectivity index (χ3n) is 3.38. The van der Waals surface area contributed by atoms with E-state index in [0.717, 1.165) is 0 Å². The summed E-state index contributed by atoms with van der Waals surface area (Å²) < 4.78 is 0. The van der Waals surface area contributed by atoms with E-state index >= 15 is 0 Å². The van der Waals surface area contributed by atoms with Gasteiger partial charge in [0, 0.05) is 5.92 Å². The molecule has 0 saturated carbocycles. The zero-order valence-electron chi connectivity index (χ0n) is 10.2. The van der Waals surface area contributed by atoms with Crippen molar-refractivity contribution in [1.82, 2.24) is 0 Å². The quantitative estimate of drug-likeness (QED) is 0.620. The van der Waals surface area contributed by atoms with Crippen molar-refractivity contribution in [3.63, 3.8) is 0 Å². The Bertz CT molecular complexity index is 407. The molecule has 1 heteroatoms. The van der Waals surface area contributed by atoms with Gasteiger partial charge in [0.1, 0.15) is 0 Å². The van der Waals surface area contributed by atoms with E-state index in [1.54, 1.807) is 0 Å². The van der Waals surface area contributed by atoms with Gasteiger partial charge in [-0.3, -0.25) is 4.99 Å². The van der Waals surface area contributed by atoms with E-state index in [2.05, 4.69) is 55.3 Å². The van der Waals surface area contributed by atoms with Crippen LogP contribution in [-0.2, 0) is 0 Å². The maximum absolute atomic E-state index is 4.50. The number of hydrogen-bond donors (Lipinski definition) is 0. The molecule has 0 spiro atoms. The lowest BCUT2D eigenvalue weighted by Gasteiger charge is -2.32. The monoisotopic (exact) mass is 213 g/mol. The lowest BCUT2D eigenvalue weighted by Crippen LogP contribution is -2.24. The van der Waals surface area contributed by atoms with Crippen LogP contribution in [0.3, 0.4) is 0 Å². The molecule has 84 valence electrons. The Morgan fingerprint density at radius 2 is 2.12 bits per heavy atom. The summed E-state index contributed by atoms with van der Waals surface area (Å²) in [6.45, 7) is 6.44. The van der Waals surface area contributed by atoms with Gasteiger partial charge in [-0.2, -0.15) is 0 Å². The summed E-state index contributed by atoms with van der Waals surface area (Å²) >= 11 is 0. The molecule has 0 fully saturated rings. The Kier molecular flexibility index (Phi) is 3.23. The minimum absolute atomic E-state index is 0.289. The summed E-state index contributed by atoms with van der Waals surface area (Å²) in [7, 11) is 0. The van der Waals surface area contributed by atoms with Crippen LogP contribution in [-0.4, -0.2) is 12.3 Å². The Balaban J connectivity index is 2.32. The highest BCUT2D eigenvalue weighted by Gasteiger charge is 2.28. The normalized spacial score (nSPS) is 29.9. The highest BCUT2D eigenvalue weighted by Crippen LogP contribution is 2.37. The minimum Gasteiger partial charge on any atom is -0.290 e. The summed E-state index contributed by atoms with van der Waals surface area (Å²) in [6, 6.07) is 0.289. The minimum atomic E-state index is 0.289. The highest BCUT2D eigenvalue weighted by molar-refractivity contribution is 5.55. The first kappa shape index (κ1) is 11.1. The van der Waals surface area contributed by atoms with E-state index in [0.29, 0.717) is 11.8 Å². The number of nitrogens with zero attached hydrogens (tertiary/aromatic N) is 1. The Morgan fingerprint density at radius 3 is 2.88 bits per heavy atom. The van der Waals surface area contributed by atoms with E-state index in [4.69, 9.17) is 0 Å². The molecule has 0 aromatic carbocycles. The molecule has 1 nitrogen and oxygen atoms in total. The molecule has 0 amide bonds. The molecule has 0 bridgehead atoms. The smallest absolute Gasteiger partial charge is 0.0686 e. The lowest BCUT2D eigenvalue weighted by atomic mass is 9.74. The van der Waals surface area contributed by atoms with E-state index in [-0.39, 0.29) is 6.04 Å². The van der Waals surface area contributed by atoms with E-state index in [1.807, 2.05) is 13.1 Å². The van der Waals surface area contributed by atoms with Crippen molar-refractivity contribution in [2.24, 2.45) is 16.8 Å². The van der Waals surface area contributed by atoms with Crippen LogP contribution in [0.25, 0.3) is 0 Å². The van der Waals surface area contributed by atoms with Crippen molar-refractivity contribution in [3.8, 4) is 0 Å². The van der Waals surface area contributed by atoms with Crippen LogP contribution < -0.4 is 0 Å². The van der Waals surface area contributed by atoms with Gasteiger partial charge in [-0.05, 0) is 37.1 Å². The van der Waals surface area contributed by atoms with Gasteiger partial charge in [0.05, 0.1) is 6.04 Å². The Hall–Kier alpha value is -1.37. The number of aliphatic imine (C=N–C) groups is 1. The topological polar surface area (TPSA) is 12.4 Å². The fourth-order valence-electron chi connectivity index (χ4n) is 2.60. The molecule has 0 heterocycles. The number of allylic oxidation sites excluding steroid dienone is 7. The molecule has 0 aromatic heterocycles. The second kappa shape index (κ2) is 4.65. The second-order valence-corrected chi connectivity index (χ2v) is 4.50. The molecule has 2 rings (SSSR count). The third-order valence-corrected chi connectivity index (χ3v) is 3.38. The van der Waals surface area contributed by atoms with E-state index in [9.17, 15) is 0 Å². The average Bonchev–Trinajstić information content (AvgIpc) is 2.29. The number of rotatable bonds is 2. The largest absolute Gasteiger partial charge is 0.290 e. The zero-order valence-corrected chi connectivity index (χ0v) is 10.2. The Morgan fingerprint density at radius 1 is 1.31 bits per heavy atom. The van der Waals surface area contributed by atoms with Crippen molar-refractivity contribution in [2.75, 3.05) is 0 Å². The summed E-state index contributed by atoms with van der Waals surface area (Å²) in [6.07, 6.45) is 15.2. The van der Waals surface area contributed by atoms with E-state index < -0.39 is 0 Å². The van der Waals surface area contributed by atoms with Crippen LogP contribution in [0.15, 0.2) is 52.6 Å². The molecule has 3 unspecified atom stereocenters. The molecule has 0 N–H and O–H groups in total. The highest BCUT2D eigenvalue weighted by atomic mass is 14.8. The fourth-order valence-corrected chi connectivity index (χ4v) is 2.60. The van der Waals surface area contributed by atoms with Crippen molar-refractivity contribution in [2.45, 2.75) is 26.8 Å². The van der Waals surface area contributed by atoms with Gasteiger partial charge < -0.3 is 0 Å². The van der Waals surface area contributed by atoms with Crippen LogP contribution in [0.1, 0.15) is 20.8 Å². The molecule has 0 aliphatic heterocycles. The first-order valence-corrected chi connectivity index (χ1v) is 5.98. The van der Waals surface area contributed by atoms with Crippen LogP contribution in [0.5, 0.6) is 0 Å². The summed E-state index contributed by atoms with van der Waals surface area (Å²) in [5.41, 5.74) is 2.86. The van der Waals surface area contributed by atoms with Crippen molar-refractivity contribution >= 4 is 6.21 Å². The lowest BCUT2D eigenvalue weighted by molar-refractivity contribution is 0.524. The van der Waals surface area contributed by atoms with Gasteiger partial charge >= 0.3 is 0 Å². The molecule has 0 radical (unpaired) electrons. The molecule has 0 saturated heterocycles. The predicted octanol–water partition coefficient (Wildman–Crippen LogP) is 3.71. The molecular weight excluding hydrogens is 194 g/mol. The van der Waals surface area contributed by atoms with Crippen LogP contribution >= 0.6 is 0 Å². The van der Waals surface area contributed by atoms with Gasteiger partial charge in [-0.1, -0.05) is 43.4 Å². The molecule has 3 atom stereocenters. The fraction of sp³-hybridized carbons (Fsp3) is 0.400. The summed E-state index contributed by atoms with van der Waals surface area (Å²) in [5.74, 6) is 1.10. The molecule has 16 heavy (non-hydrogen) atoms. The van der Waals surface area contributed by atoms with Gasteiger partial charge in [-0.25, -0.2) is 0 Å². The standard InChI is InChI=1S/C15H19N/c1-4-16-12(3)14-10-6-9-13-8-5-7-11(2)15(13)14/h4-12,15H,1-3H3. The van der Waals surface area contributed by atoms with E-state index in [1.165, 1.54) is 11.1 Å². The first-order chi connectivity index (χ1) is 7.74. The average molecular weight is 213 g/mol. The molecule has 2 aliphatic rings. The second-order valence-electron chi connectivity index (χ2n) is 4.50. The SMILES string of the molecule is CC=NC(C)C1=CC=CC2=CC=CC(C)C21.